The molecule has 0 fully saturated rings. The normalized spacial score (nSPS) is 12.0. The van der Waals surface area contributed by atoms with Gasteiger partial charge in [-0.1, -0.05) is 43.3 Å². The van der Waals surface area contributed by atoms with Crippen LogP contribution in [-0.4, -0.2) is 36.3 Å². The minimum atomic E-state index is -0.989. The Kier molecular flexibility index (Phi) is 5.15. The molecule has 0 saturated carbocycles. The zero-order valence-electron chi connectivity index (χ0n) is 15.8. The number of nitrogens with zero attached hydrogens (tertiary/aromatic N) is 5. The first-order chi connectivity index (χ1) is 14.1. The van der Waals surface area contributed by atoms with Crippen LogP contribution in [0.25, 0.3) is 22.3 Å². The number of fused-ring (bicyclic) bond motifs is 1. The van der Waals surface area contributed by atoms with Crippen molar-refractivity contribution in [2.45, 2.75) is 26.0 Å². The van der Waals surface area contributed by atoms with E-state index >= 15 is 0 Å². The number of benzene rings is 2. The Hall–Kier alpha value is -3.81. The summed E-state index contributed by atoms with van der Waals surface area (Å²) in [6, 6.07) is 18.3. The zero-order chi connectivity index (χ0) is 20.2. The quantitative estimate of drug-likeness (QED) is 0.516. The van der Waals surface area contributed by atoms with Crippen LogP contribution in [0.2, 0.25) is 0 Å². The Morgan fingerprint density at radius 1 is 1.14 bits per heavy atom. The lowest BCUT2D eigenvalue weighted by atomic mass is 10.2. The average molecular weight is 389 g/mol. The second-order valence-electron chi connectivity index (χ2n) is 6.51. The second kappa shape index (κ2) is 8.05. The summed E-state index contributed by atoms with van der Waals surface area (Å²) in [5.41, 5.74) is 2.44. The third-order valence-electron chi connectivity index (χ3n) is 4.51. The molecule has 1 unspecified atom stereocenters. The van der Waals surface area contributed by atoms with E-state index in [0.29, 0.717) is 30.2 Å². The Morgan fingerprint density at radius 2 is 2.00 bits per heavy atom. The molecular weight excluding hydrogens is 370 g/mol. The predicted octanol–water partition coefficient (Wildman–Crippen LogP) is 3.50. The van der Waals surface area contributed by atoms with Crippen LogP contribution in [0.4, 0.5) is 0 Å². The third kappa shape index (κ3) is 4.06. The van der Waals surface area contributed by atoms with Crippen LogP contribution in [0, 0.1) is 0 Å². The number of tetrazole rings is 1. The van der Waals surface area contributed by atoms with Gasteiger partial charge in [-0.25, -0.2) is 9.78 Å². The molecule has 4 aromatic rings. The second-order valence-corrected chi connectivity index (χ2v) is 6.51. The number of para-hydroxylation sites is 1. The maximum absolute atomic E-state index is 11.3. The van der Waals surface area contributed by atoms with Gasteiger partial charge in [0.1, 0.15) is 12.4 Å². The summed E-state index contributed by atoms with van der Waals surface area (Å²) in [7, 11) is 0. The lowest BCUT2D eigenvalue weighted by Crippen LogP contribution is -2.20. The molecule has 2 aromatic heterocycles. The topological polar surface area (TPSA) is 103 Å². The fourth-order valence-corrected chi connectivity index (χ4v) is 2.98. The molecule has 0 amide bonds. The molecule has 146 valence electrons. The molecule has 4 rings (SSSR count). The van der Waals surface area contributed by atoms with Crippen LogP contribution in [0.15, 0.2) is 60.7 Å². The van der Waals surface area contributed by atoms with E-state index in [1.54, 1.807) is 13.0 Å². The number of ether oxygens (including phenoxy) is 1. The van der Waals surface area contributed by atoms with Gasteiger partial charge in [-0.2, -0.15) is 0 Å². The number of rotatable bonds is 7. The van der Waals surface area contributed by atoms with Gasteiger partial charge in [0, 0.05) is 10.9 Å². The summed E-state index contributed by atoms with van der Waals surface area (Å²) in [6.07, 6.45) is 0.368. The van der Waals surface area contributed by atoms with Gasteiger partial charge in [-0.3, -0.25) is 0 Å². The number of carboxylic acids is 1. The third-order valence-corrected chi connectivity index (χ3v) is 4.51. The zero-order valence-corrected chi connectivity index (χ0v) is 15.8. The van der Waals surface area contributed by atoms with E-state index in [9.17, 15) is 9.90 Å². The highest BCUT2D eigenvalue weighted by atomic mass is 16.5. The van der Waals surface area contributed by atoms with Crippen LogP contribution in [-0.2, 0) is 11.4 Å². The van der Waals surface area contributed by atoms with E-state index in [4.69, 9.17) is 4.74 Å². The molecule has 1 atom stereocenters. The maximum Gasteiger partial charge on any atom is 0.330 e. The molecule has 0 bridgehead atoms. The first-order valence-electron chi connectivity index (χ1n) is 9.24. The number of aromatic nitrogens is 5. The SMILES string of the molecule is CCC(C(=O)O)n1nnc(-c2cccc(OCc3ccc4ccccc4n3)c2)n1. The van der Waals surface area contributed by atoms with Crippen molar-refractivity contribution in [3.05, 3.63) is 66.4 Å². The van der Waals surface area contributed by atoms with Gasteiger partial charge < -0.3 is 9.84 Å². The molecule has 29 heavy (non-hydrogen) atoms. The van der Waals surface area contributed by atoms with E-state index in [1.807, 2.05) is 54.6 Å². The highest BCUT2D eigenvalue weighted by Crippen LogP contribution is 2.22. The molecule has 2 aromatic carbocycles. The van der Waals surface area contributed by atoms with Crippen LogP contribution in [0.3, 0.4) is 0 Å². The number of pyridine rings is 1. The van der Waals surface area contributed by atoms with E-state index in [1.165, 1.54) is 0 Å². The van der Waals surface area contributed by atoms with E-state index in [0.717, 1.165) is 21.4 Å². The summed E-state index contributed by atoms with van der Waals surface area (Å²) >= 11 is 0. The molecule has 0 spiro atoms. The van der Waals surface area contributed by atoms with Crippen LogP contribution in [0.5, 0.6) is 5.75 Å². The highest BCUT2D eigenvalue weighted by molar-refractivity contribution is 5.78. The Bertz CT molecular complexity index is 1160. The first kappa shape index (κ1) is 18.5. The molecule has 8 heteroatoms. The van der Waals surface area contributed by atoms with E-state index < -0.39 is 12.0 Å². The smallest absolute Gasteiger partial charge is 0.330 e. The Labute approximate surface area is 166 Å². The largest absolute Gasteiger partial charge is 0.487 e. The van der Waals surface area contributed by atoms with Crippen LogP contribution >= 0.6 is 0 Å². The van der Waals surface area contributed by atoms with Gasteiger partial charge in [-0.15, -0.1) is 15.0 Å². The fourth-order valence-electron chi connectivity index (χ4n) is 2.98. The molecule has 2 heterocycles. The monoisotopic (exact) mass is 389 g/mol. The standard InChI is InChI=1S/C21H19N5O3/c1-2-19(21(27)28)26-24-20(23-25-26)15-7-5-8-17(12-15)29-13-16-11-10-14-6-3-4-9-18(14)22-16/h3-12,19H,2,13H2,1H3,(H,27,28). The lowest BCUT2D eigenvalue weighted by molar-refractivity contribution is -0.141. The maximum atomic E-state index is 11.3. The van der Waals surface area contributed by atoms with Gasteiger partial charge >= 0.3 is 5.97 Å². The number of hydrogen-bond acceptors (Lipinski definition) is 6. The van der Waals surface area contributed by atoms with Crippen molar-refractivity contribution in [1.82, 2.24) is 25.2 Å². The van der Waals surface area contributed by atoms with Crippen molar-refractivity contribution in [3.63, 3.8) is 0 Å². The molecular formula is C21H19N5O3. The molecule has 0 aliphatic heterocycles. The molecule has 0 saturated heterocycles. The lowest BCUT2D eigenvalue weighted by Gasteiger charge is -2.08. The van der Waals surface area contributed by atoms with Gasteiger partial charge in [0.05, 0.1) is 11.2 Å². The average Bonchev–Trinajstić information content (AvgIpc) is 3.22. The van der Waals surface area contributed by atoms with Crippen molar-refractivity contribution >= 4 is 16.9 Å². The van der Waals surface area contributed by atoms with Gasteiger partial charge in [0.25, 0.3) is 0 Å². The predicted molar refractivity (Wildman–Crippen MR) is 106 cm³/mol. The highest BCUT2D eigenvalue weighted by Gasteiger charge is 2.21. The number of aliphatic carboxylic acids is 1. The van der Waals surface area contributed by atoms with Gasteiger partial charge in [-0.05, 0) is 35.9 Å². The van der Waals surface area contributed by atoms with Crippen molar-refractivity contribution in [1.29, 1.82) is 0 Å². The van der Waals surface area contributed by atoms with E-state index in [2.05, 4.69) is 20.4 Å². The Morgan fingerprint density at radius 3 is 2.83 bits per heavy atom. The molecule has 0 radical (unpaired) electrons. The fraction of sp³-hybridized carbons (Fsp3) is 0.190. The van der Waals surface area contributed by atoms with Crippen LogP contribution in [0.1, 0.15) is 25.1 Å². The van der Waals surface area contributed by atoms with Crippen LogP contribution < -0.4 is 4.74 Å². The molecule has 1 N–H and O–H groups in total. The Balaban J connectivity index is 1.50. The minimum Gasteiger partial charge on any atom is -0.487 e. The minimum absolute atomic E-state index is 0.325. The van der Waals surface area contributed by atoms with Gasteiger partial charge in [0.2, 0.25) is 5.82 Å². The molecule has 0 aliphatic rings. The number of carboxylic acid groups (broad SMARTS) is 1. The summed E-state index contributed by atoms with van der Waals surface area (Å²) in [5, 5.41) is 22.4. The van der Waals surface area contributed by atoms with Crippen molar-refractivity contribution in [2.75, 3.05) is 0 Å². The first-order valence-corrected chi connectivity index (χ1v) is 9.24. The molecule has 0 aliphatic carbocycles. The van der Waals surface area contributed by atoms with Crippen molar-refractivity contribution < 1.29 is 14.6 Å². The van der Waals surface area contributed by atoms with Crippen molar-refractivity contribution in [2.24, 2.45) is 0 Å². The molecule has 8 nitrogen and oxygen atoms in total. The van der Waals surface area contributed by atoms with Crippen molar-refractivity contribution in [3.8, 4) is 17.1 Å². The summed E-state index contributed by atoms with van der Waals surface area (Å²) in [5.74, 6) is -0.00511. The summed E-state index contributed by atoms with van der Waals surface area (Å²) in [4.78, 5) is 17.0. The van der Waals surface area contributed by atoms with Gasteiger partial charge in [0.15, 0.2) is 6.04 Å². The summed E-state index contributed by atoms with van der Waals surface area (Å²) < 4.78 is 5.88. The summed E-state index contributed by atoms with van der Waals surface area (Å²) in [6.45, 7) is 2.09. The number of hydrogen-bond donors (Lipinski definition) is 1. The number of carbonyl (C=O) groups is 1. The van der Waals surface area contributed by atoms with E-state index in [-0.39, 0.29) is 0 Å².